The Morgan fingerprint density at radius 1 is 1.22 bits per heavy atom. The van der Waals surface area contributed by atoms with Crippen LogP contribution in [0.2, 0.25) is 0 Å². The standard InChI is InChI=1S/C16H19N3O3S/c1-18-11-14(9-15(17)16(18)20)13-5-2-4-12(8-13)10-19-6-3-7-23(19,21)22/h2,4-5,8-9,11H,3,6-7,10,17H2,1H3. The Balaban J connectivity index is 1.93. The molecule has 2 N–H and O–H groups in total. The van der Waals surface area contributed by atoms with E-state index in [2.05, 4.69) is 0 Å². The first kappa shape index (κ1) is 15.8. The van der Waals surface area contributed by atoms with Gasteiger partial charge in [0, 0.05) is 31.9 Å². The van der Waals surface area contributed by atoms with Gasteiger partial charge in [-0.3, -0.25) is 4.79 Å². The van der Waals surface area contributed by atoms with Gasteiger partial charge in [0.25, 0.3) is 5.56 Å². The Kier molecular flexibility index (Phi) is 3.99. The van der Waals surface area contributed by atoms with Crippen molar-refractivity contribution in [2.24, 2.45) is 7.05 Å². The third-order valence-electron chi connectivity index (χ3n) is 4.03. The van der Waals surface area contributed by atoms with E-state index in [0.717, 1.165) is 16.7 Å². The van der Waals surface area contributed by atoms with Crippen molar-refractivity contribution in [2.45, 2.75) is 13.0 Å². The summed E-state index contributed by atoms with van der Waals surface area (Å²) >= 11 is 0. The Morgan fingerprint density at radius 2 is 2.00 bits per heavy atom. The second-order valence-corrected chi connectivity index (χ2v) is 7.89. The van der Waals surface area contributed by atoms with Crippen LogP contribution in [0.4, 0.5) is 5.69 Å². The monoisotopic (exact) mass is 333 g/mol. The fraction of sp³-hybridized carbons (Fsp3) is 0.312. The average Bonchev–Trinajstić information content (AvgIpc) is 2.83. The molecule has 0 atom stereocenters. The van der Waals surface area contributed by atoms with Crippen LogP contribution in [0.3, 0.4) is 0 Å². The van der Waals surface area contributed by atoms with Crippen LogP contribution in [0, 0.1) is 0 Å². The molecule has 2 aromatic rings. The fourth-order valence-electron chi connectivity index (χ4n) is 2.82. The number of hydrogen-bond acceptors (Lipinski definition) is 4. The summed E-state index contributed by atoms with van der Waals surface area (Å²) in [5.41, 5.74) is 8.36. The fourth-order valence-corrected chi connectivity index (χ4v) is 4.32. The van der Waals surface area contributed by atoms with Crippen molar-refractivity contribution in [3.63, 3.8) is 0 Å². The lowest BCUT2D eigenvalue weighted by molar-refractivity contribution is 0.440. The van der Waals surface area contributed by atoms with E-state index in [1.807, 2.05) is 24.3 Å². The Hall–Kier alpha value is -2.12. The predicted octanol–water partition coefficient (Wildman–Crippen LogP) is 1.17. The zero-order chi connectivity index (χ0) is 16.6. The highest BCUT2D eigenvalue weighted by molar-refractivity contribution is 7.89. The highest BCUT2D eigenvalue weighted by Gasteiger charge is 2.27. The van der Waals surface area contributed by atoms with Crippen molar-refractivity contribution in [3.05, 3.63) is 52.4 Å². The van der Waals surface area contributed by atoms with E-state index < -0.39 is 10.0 Å². The minimum Gasteiger partial charge on any atom is -0.394 e. The second-order valence-electron chi connectivity index (χ2n) is 5.80. The number of benzene rings is 1. The maximum Gasteiger partial charge on any atom is 0.273 e. The second kappa shape index (κ2) is 5.82. The number of aryl methyl sites for hydroxylation is 1. The highest BCUT2D eigenvalue weighted by atomic mass is 32.2. The minimum atomic E-state index is -3.11. The molecule has 1 aromatic heterocycles. The Bertz CT molecular complexity index is 877. The first-order valence-corrected chi connectivity index (χ1v) is 9.01. The number of aromatic nitrogens is 1. The van der Waals surface area contributed by atoms with E-state index in [9.17, 15) is 13.2 Å². The molecule has 1 aliphatic rings. The lowest BCUT2D eigenvalue weighted by atomic mass is 10.0. The molecule has 6 nitrogen and oxygen atoms in total. The van der Waals surface area contributed by atoms with Crippen LogP contribution in [-0.2, 0) is 23.6 Å². The van der Waals surface area contributed by atoms with Gasteiger partial charge in [0.05, 0.1) is 11.4 Å². The molecule has 0 aliphatic carbocycles. The van der Waals surface area contributed by atoms with Crippen LogP contribution >= 0.6 is 0 Å². The highest BCUT2D eigenvalue weighted by Crippen LogP contribution is 2.23. The van der Waals surface area contributed by atoms with E-state index in [0.29, 0.717) is 19.5 Å². The van der Waals surface area contributed by atoms with Gasteiger partial charge < -0.3 is 10.3 Å². The maximum atomic E-state index is 11.9. The third kappa shape index (κ3) is 3.16. The average molecular weight is 333 g/mol. The smallest absolute Gasteiger partial charge is 0.273 e. The molecule has 0 saturated carbocycles. The van der Waals surface area contributed by atoms with Gasteiger partial charge in [0.2, 0.25) is 10.0 Å². The van der Waals surface area contributed by atoms with Crippen molar-refractivity contribution in [2.75, 3.05) is 18.0 Å². The Morgan fingerprint density at radius 3 is 2.65 bits per heavy atom. The summed E-state index contributed by atoms with van der Waals surface area (Å²) in [6, 6.07) is 9.29. The number of nitrogens with two attached hydrogens (primary N) is 1. The summed E-state index contributed by atoms with van der Waals surface area (Å²) < 4.78 is 26.8. The van der Waals surface area contributed by atoms with Gasteiger partial charge in [-0.15, -0.1) is 0 Å². The SMILES string of the molecule is Cn1cc(-c2cccc(CN3CCCS3(=O)=O)c2)cc(N)c1=O. The molecule has 23 heavy (non-hydrogen) atoms. The molecule has 0 spiro atoms. The molecular weight excluding hydrogens is 314 g/mol. The molecule has 3 rings (SSSR count). The lowest BCUT2D eigenvalue weighted by Gasteiger charge is -2.15. The first-order chi connectivity index (χ1) is 10.9. The summed E-state index contributed by atoms with van der Waals surface area (Å²) in [7, 11) is -1.46. The van der Waals surface area contributed by atoms with E-state index in [4.69, 9.17) is 5.73 Å². The summed E-state index contributed by atoms with van der Waals surface area (Å²) in [6.45, 7) is 0.941. The molecule has 1 fully saturated rings. The zero-order valence-corrected chi connectivity index (χ0v) is 13.7. The van der Waals surface area contributed by atoms with Crippen LogP contribution in [0.1, 0.15) is 12.0 Å². The van der Waals surface area contributed by atoms with Gasteiger partial charge in [0.15, 0.2) is 0 Å². The zero-order valence-electron chi connectivity index (χ0n) is 12.9. The van der Waals surface area contributed by atoms with Crippen LogP contribution in [0.5, 0.6) is 0 Å². The first-order valence-electron chi connectivity index (χ1n) is 7.40. The van der Waals surface area contributed by atoms with Crippen molar-refractivity contribution < 1.29 is 8.42 Å². The number of nitrogen functional groups attached to an aromatic ring is 1. The number of pyridine rings is 1. The Labute approximate surface area is 135 Å². The molecule has 0 unspecified atom stereocenters. The number of rotatable bonds is 3. The van der Waals surface area contributed by atoms with Gasteiger partial charge in [-0.25, -0.2) is 8.42 Å². The largest absolute Gasteiger partial charge is 0.394 e. The van der Waals surface area contributed by atoms with E-state index in [1.165, 1.54) is 8.87 Å². The quantitative estimate of drug-likeness (QED) is 0.914. The van der Waals surface area contributed by atoms with Gasteiger partial charge in [0.1, 0.15) is 0 Å². The number of sulfonamides is 1. The molecule has 0 radical (unpaired) electrons. The van der Waals surface area contributed by atoms with E-state index >= 15 is 0 Å². The van der Waals surface area contributed by atoms with Gasteiger partial charge in [-0.1, -0.05) is 18.2 Å². The van der Waals surface area contributed by atoms with E-state index in [-0.39, 0.29) is 17.0 Å². The van der Waals surface area contributed by atoms with Crippen LogP contribution in [-0.4, -0.2) is 29.6 Å². The maximum absolute atomic E-state index is 11.9. The van der Waals surface area contributed by atoms with Crippen molar-refractivity contribution in [1.82, 2.24) is 8.87 Å². The van der Waals surface area contributed by atoms with Crippen LogP contribution in [0.25, 0.3) is 11.1 Å². The minimum absolute atomic E-state index is 0.192. The molecule has 1 aliphatic heterocycles. The lowest BCUT2D eigenvalue weighted by Crippen LogP contribution is -2.25. The van der Waals surface area contributed by atoms with Crippen molar-refractivity contribution in [3.8, 4) is 11.1 Å². The van der Waals surface area contributed by atoms with Gasteiger partial charge >= 0.3 is 0 Å². The topological polar surface area (TPSA) is 85.4 Å². The molecular formula is C16H19N3O3S. The number of anilines is 1. The summed E-state index contributed by atoms with van der Waals surface area (Å²) in [5.74, 6) is 0.226. The molecule has 0 bridgehead atoms. The summed E-state index contributed by atoms with van der Waals surface area (Å²) in [4.78, 5) is 11.7. The van der Waals surface area contributed by atoms with Gasteiger partial charge in [-0.2, -0.15) is 4.31 Å². The molecule has 0 amide bonds. The normalized spacial score (nSPS) is 17.4. The summed E-state index contributed by atoms with van der Waals surface area (Å²) in [6.07, 6.45) is 2.41. The predicted molar refractivity (Wildman–Crippen MR) is 90.3 cm³/mol. The van der Waals surface area contributed by atoms with Crippen LogP contribution in [0.15, 0.2) is 41.3 Å². The van der Waals surface area contributed by atoms with Gasteiger partial charge in [-0.05, 0) is 29.7 Å². The molecule has 1 aromatic carbocycles. The van der Waals surface area contributed by atoms with E-state index in [1.54, 1.807) is 19.3 Å². The molecule has 7 heteroatoms. The van der Waals surface area contributed by atoms with Crippen molar-refractivity contribution in [1.29, 1.82) is 0 Å². The molecule has 1 saturated heterocycles. The number of nitrogens with zero attached hydrogens (tertiary/aromatic N) is 2. The number of hydrogen-bond donors (Lipinski definition) is 1. The summed E-state index contributed by atoms with van der Waals surface area (Å²) in [5, 5.41) is 0. The molecule has 2 heterocycles. The van der Waals surface area contributed by atoms with Crippen molar-refractivity contribution >= 4 is 15.7 Å². The third-order valence-corrected chi connectivity index (χ3v) is 5.94. The molecule has 122 valence electrons. The van der Waals surface area contributed by atoms with Crippen LogP contribution < -0.4 is 11.3 Å².